The summed E-state index contributed by atoms with van der Waals surface area (Å²) >= 11 is 5.63. The second-order valence-corrected chi connectivity index (χ2v) is 9.15. The second kappa shape index (κ2) is 9.28. The van der Waals surface area contributed by atoms with Crippen LogP contribution in [0.25, 0.3) is 4.85 Å². The average Bonchev–Trinajstić information content (AvgIpc) is 2.94. The highest BCUT2D eigenvalue weighted by atomic mass is 32.1. The van der Waals surface area contributed by atoms with E-state index in [1.807, 2.05) is 24.3 Å². The van der Waals surface area contributed by atoms with Crippen LogP contribution in [0.1, 0.15) is 37.8 Å². The van der Waals surface area contributed by atoms with E-state index in [0.29, 0.717) is 6.42 Å². The zero-order valence-corrected chi connectivity index (χ0v) is 20.3. The largest absolute Gasteiger partial charge is 0.349 e. The molecule has 1 aliphatic rings. The molecule has 3 rings (SSSR count). The Bertz CT molecular complexity index is 1150. The lowest BCUT2D eigenvalue weighted by Crippen LogP contribution is -2.44. The molecule has 1 saturated heterocycles. The first-order valence-electron chi connectivity index (χ1n) is 10.6. The third-order valence-electron chi connectivity index (χ3n) is 5.92. The van der Waals surface area contributed by atoms with E-state index in [1.54, 1.807) is 37.7 Å². The predicted octanol–water partition coefficient (Wildman–Crippen LogP) is 5.01. The zero-order valence-electron chi connectivity index (χ0n) is 19.5. The van der Waals surface area contributed by atoms with Gasteiger partial charge in [0.15, 0.2) is 10.8 Å². The number of aryl methyl sites for hydroxylation is 1. The summed E-state index contributed by atoms with van der Waals surface area (Å²) < 4.78 is 15.1. The summed E-state index contributed by atoms with van der Waals surface area (Å²) in [6.07, 6.45) is 1.99. The molecule has 0 spiro atoms. The number of halogens is 1. The first kappa shape index (κ1) is 24.3. The quantitative estimate of drug-likeness (QED) is 0.443. The van der Waals surface area contributed by atoms with Crippen molar-refractivity contribution in [2.45, 2.75) is 45.6 Å². The SMILES string of the molecule is [C-]#[N+]c1ccc(N2C(=O)C(C)(C)N(c3ccc(CCCC(=O)N(C)C)cc3)C2=S)c(F)c1C. The van der Waals surface area contributed by atoms with Gasteiger partial charge in [-0.15, -0.1) is 0 Å². The fourth-order valence-corrected chi connectivity index (χ4v) is 4.39. The van der Waals surface area contributed by atoms with Crippen LogP contribution in [0.15, 0.2) is 36.4 Å². The van der Waals surface area contributed by atoms with Crippen molar-refractivity contribution in [1.82, 2.24) is 4.90 Å². The van der Waals surface area contributed by atoms with Crippen LogP contribution in [-0.4, -0.2) is 41.5 Å². The Morgan fingerprint density at radius 3 is 2.39 bits per heavy atom. The lowest BCUT2D eigenvalue weighted by Gasteiger charge is -2.29. The molecule has 0 aromatic heterocycles. The summed E-state index contributed by atoms with van der Waals surface area (Å²) in [4.78, 5) is 32.9. The van der Waals surface area contributed by atoms with Crippen LogP contribution in [0.2, 0.25) is 0 Å². The predicted molar refractivity (Wildman–Crippen MR) is 132 cm³/mol. The molecule has 0 aliphatic carbocycles. The lowest BCUT2D eigenvalue weighted by atomic mass is 10.0. The van der Waals surface area contributed by atoms with Crippen LogP contribution in [0, 0.1) is 19.3 Å². The Hall–Kier alpha value is -3.31. The molecule has 0 unspecified atom stereocenters. The molecule has 0 atom stereocenters. The molecule has 2 aromatic rings. The van der Waals surface area contributed by atoms with Crippen LogP contribution >= 0.6 is 12.2 Å². The molecule has 2 aromatic carbocycles. The number of amides is 2. The summed E-state index contributed by atoms with van der Waals surface area (Å²) in [5, 5.41) is 0.184. The van der Waals surface area contributed by atoms with Gasteiger partial charge in [-0.1, -0.05) is 18.2 Å². The lowest BCUT2D eigenvalue weighted by molar-refractivity contribution is -0.128. The zero-order chi connectivity index (χ0) is 24.5. The average molecular weight is 467 g/mol. The van der Waals surface area contributed by atoms with Gasteiger partial charge in [0, 0.05) is 26.2 Å². The molecule has 0 saturated carbocycles. The molecule has 0 radical (unpaired) electrons. The molecular formula is C25H27FN4O2S. The maximum absolute atomic E-state index is 15.1. The van der Waals surface area contributed by atoms with E-state index in [2.05, 4.69) is 4.85 Å². The van der Waals surface area contributed by atoms with Gasteiger partial charge in [0.05, 0.1) is 12.3 Å². The summed E-state index contributed by atoms with van der Waals surface area (Å²) in [6.45, 7) is 12.2. The molecule has 1 fully saturated rings. The van der Waals surface area contributed by atoms with Crippen molar-refractivity contribution in [1.29, 1.82) is 0 Å². The molecule has 6 nitrogen and oxygen atoms in total. The van der Waals surface area contributed by atoms with E-state index in [-0.39, 0.29) is 33.9 Å². The molecule has 172 valence electrons. The van der Waals surface area contributed by atoms with Crippen molar-refractivity contribution in [2.75, 3.05) is 23.9 Å². The number of anilines is 2. The maximum Gasteiger partial charge on any atom is 0.259 e. The number of carbonyl (C=O) groups excluding carboxylic acids is 2. The van der Waals surface area contributed by atoms with Gasteiger partial charge in [0.2, 0.25) is 5.91 Å². The second-order valence-electron chi connectivity index (χ2n) is 8.78. The van der Waals surface area contributed by atoms with Crippen molar-refractivity contribution in [3.8, 4) is 0 Å². The van der Waals surface area contributed by atoms with Crippen LogP contribution in [-0.2, 0) is 16.0 Å². The maximum atomic E-state index is 15.1. The smallest absolute Gasteiger partial charge is 0.259 e. The number of hydrogen-bond donors (Lipinski definition) is 0. The van der Waals surface area contributed by atoms with Gasteiger partial charge in [-0.05, 0) is 75.2 Å². The number of carbonyl (C=O) groups is 2. The van der Waals surface area contributed by atoms with Gasteiger partial charge >= 0.3 is 0 Å². The monoisotopic (exact) mass is 466 g/mol. The van der Waals surface area contributed by atoms with Gasteiger partial charge in [-0.3, -0.25) is 14.5 Å². The highest BCUT2D eigenvalue weighted by Gasteiger charge is 2.50. The van der Waals surface area contributed by atoms with Crippen LogP contribution < -0.4 is 9.80 Å². The molecule has 0 N–H and O–H groups in total. The topological polar surface area (TPSA) is 48.2 Å². The highest BCUT2D eigenvalue weighted by molar-refractivity contribution is 7.81. The van der Waals surface area contributed by atoms with Gasteiger partial charge in [0.1, 0.15) is 11.4 Å². The van der Waals surface area contributed by atoms with Gasteiger partial charge in [0.25, 0.3) is 5.91 Å². The van der Waals surface area contributed by atoms with E-state index in [9.17, 15) is 9.59 Å². The van der Waals surface area contributed by atoms with Gasteiger partial charge in [-0.2, -0.15) is 0 Å². The molecule has 1 heterocycles. The first-order chi connectivity index (χ1) is 15.5. The van der Waals surface area contributed by atoms with Crippen molar-refractivity contribution >= 4 is 46.2 Å². The minimum atomic E-state index is -1.02. The summed E-state index contributed by atoms with van der Waals surface area (Å²) in [5.41, 5.74) is 1.22. The normalized spacial score (nSPS) is 15.1. The Kier molecular flexibility index (Phi) is 6.84. The minimum Gasteiger partial charge on any atom is -0.349 e. The fourth-order valence-electron chi connectivity index (χ4n) is 3.87. The van der Waals surface area contributed by atoms with E-state index >= 15 is 4.39 Å². The Balaban J connectivity index is 1.85. The van der Waals surface area contributed by atoms with Crippen molar-refractivity contribution < 1.29 is 14.0 Å². The van der Waals surface area contributed by atoms with E-state index in [0.717, 1.165) is 24.1 Å². The molecule has 0 bridgehead atoms. The van der Waals surface area contributed by atoms with Crippen molar-refractivity contribution in [3.05, 3.63) is 64.8 Å². The van der Waals surface area contributed by atoms with Gasteiger partial charge < -0.3 is 9.80 Å². The fraction of sp³-hybridized carbons (Fsp3) is 0.360. The number of thiocarbonyl (C=S) groups is 1. The first-order valence-corrected chi connectivity index (χ1v) is 11.1. The molecule has 2 amide bonds. The van der Waals surface area contributed by atoms with E-state index in [1.165, 1.54) is 24.0 Å². The summed E-state index contributed by atoms with van der Waals surface area (Å²) in [5.74, 6) is -0.867. The highest BCUT2D eigenvalue weighted by Crippen LogP contribution is 2.39. The number of hydrogen-bond acceptors (Lipinski definition) is 3. The summed E-state index contributed by atoms with van der Waals surface area (Å²) in [7, 11) is 3.49. The standard InChI is InChI=1S/C25H27FN4O2S/c1-16-19(27-4)14-15-20(22(16)26)29-23(32)25(2,3)30(24(29)33)18-12-10-17(11-13-18)8-7-9-21(31)28(5)6/h10-15H,7-9H2,1-3,5-6H3. The van der Waals surface area contributed by atoms with Crippen LogP contribution in [0.4, 0.5) is 21.5 Å². The van der Waals surface area contributed by atoms with Crippen molar-refractivity contribution in [2.24, 2.45) is 0 Å². The van der Waals surface area contributed by atoms with Crippen LogP contribution in [0.3, 0.4) is 0 Å². The number of nitrogens with zero attached hydrogens (tertiary/aromatic N) is 4. The number of benzene rings is 2. The van der Waals surface area contributed by atoms with E-state index in [4.69, 9.17) is 18.8 Å². The molecule has 1 aliphatic heterocycles. The Morgan fingerprint density at radius 2 is 1.82 bits per heavy atom. The third-order valence-corrected chi connectivity index (χ3v) is 6.28. The van der Waals surface area contributed by atoms with Gasteiger partial charge in [-0.25, -0.2) is 9.24 Å². The van der Waals surface area contributed by atoms with Crippen molar-refractivity contribution in [3.63, 3.8) is 0 Å². The third kappa shape index (κ3) is 4.46. The number of rotatable bonds is 6. The Labute approximate surface area is 199 Å². The van der Waals surface area contributed by atoms with E-state index < -0.39 is 11.4 Å². The Morgan fingerprint density at radius 1 is 1.18 bits per heavy atom. The molecule has 8 heteroatoms. The van der Waals surface area contributed by atoms with Crippen LogP contribution in [0.5, 0.6) is 0 Å². The summed E-state index contributed by atoms with van der Waals surface area (Å²) in [6, 6.07) is 10.6. The molecular weight excluding hydrogens is 439 g/mol. The minimum absolute atomic E-state index is 0.0488. The molecule has 33 heavy (non-hydrogen) atoms.